The molecule has 1 spiro atoms. The molecule has 0 aromatic rings. The van der Waals surface area contributed by atoms with Crippen molar-refractivity contribution >= 4 is 5.91 Å². The van der Waals surface area contributed by atoms with Crippen LogP contribution in [0.15, 0.2) is 0 Å². The van der Waals surface area contributed by atoms with E-state index in [2.05, 4.69) is 12.2 Å². The standard InChI is InChI=1S/C17H30N2O3/c1-3-21-15-11-14(17(15)6-4-5-7-17)19(2)16(20)10-13-12-18-8-9-22-13/h13-15,18H,3-12H2,1-2H3. The molecule has 1 heterocycles. The Labute approximate surface area is 133 Å². The SMILES string of the molecule is CCOC1CC(N(C)C(=O)CC2CNCCO2)C12CCCC2. The van der Waals surface area contributed by atoms with E-state index in [1.807, 2.05) is 11.9 Å². The molecule has 5 heteroatoms. The molecule has 3 atom stereocenters. The van der Waals surface area contributed by atoms with Gasteiger partial charge in [0, 0.05) is 38.2 Å². The number of nitrogens with zero attached hydrogens (tertiary/aromatic N) is 1. The van der Waals surface area contributed by atoms with Crippen molar-refractivity contribution in [3.8, 4) is 0 Å². The summed E-state index contributed by atoms with van der Waals surface area (Å²) in [5, 5.41) is 3.29. The molecule has 0 bridgehead atoms. The van der Waals surface area contributed by atoms with Crippen molar-refractivity contribution in [1.29, 1.82) is 0 Å². The Balaban J connectivity index is 1.59. The number of morpholine rings is 1. The molecule has 0 radical (unpaired) electrons. The molecule has 3 rings (SSSR count). The highest BCUT2D eigenvalue weighted by Gasteiger charge is 2.58. The van der Waals surface area contributed by atoms with Gasteiger partial charge in [-0.1, -0.05) is 12.8 Å². The zero-order valence-corrected chi connectivity index (χ0v) is 14.0. The van der Waals surface area contributed by atoms with Crippen LogP contribution in [0.4, 0.5) is 0 Å². The lowest BCUT2D eigenvalue weighted by molar-refractivity contribution is -0.174. The van der Waals surface area contributed by atoms with Crippen LogP contribution in [0.1, 0.15) is 45.4 Å². The molecule has 1 amide bonds. The molecule has 126 valence electrons. The lowest BCUT2D eigenvalue weighted by Crippen LogP contribution is -2.64. The van der Waals surface area contributed by atoms with Gasteiger partial charge in [0.25, 0.3) is 0 Å². The Bertz CT molecular complexity index is 389. The van der Waals surface area contributed by atoms with E-state index in [4.69, 9.17) is 9.47 Å². The number of amides is 1. The van der Waals surface area contributed by atoms with Gasteiger partial charge in [-0.25, -0.2) is 0 Å². The van der Waals surface area contributed by atoms with E-state index in [9.17, 15) is 4.79 Å². The number of ether oxygens (including phenoxy) is 2. The average molecular weight is 310 g/mol. The van der Waals surface area contributed by atoms with E-state index in [-0.39, 0.29) is 17.4 Å². The molecule has 3 fully saturated rings. The van der Waals surface area contributed by atoms with Crippen molar-refractivity contribution < 1.29 is 14.3 Å². The van der Waals surface area contributed by atoms with Crippen LogP contribution in [0.25, 0.3) is 0 Å². The number of rotatable bonds is 5. The van der Waals surface area contributed by atoms with Gasteiger partial charge in [-0.3, -0.25) is 4.79 Å². The predicted molar refractivity (Wildman–Crippen MR) is 84.7 cm³/mol. The van der Waals surface area contributed by atoms with E-state index < -0.39 is 0 Å². The van der Waals surface area contributed by atoms with Crippen molar-refractivity contribution in [2.45, 2.75) is 63.7 Å². The summed E-state index contributed by atoms with van der Waals surface area (Å²) in [6, 6.07) is 0.357. The van der Waals surface area contributed by atoms with Gasteiger partial charge in [0.05, 0.1) is 25.2 Å². The molecule has 3 unspecified atom stereocenters. The lowest BCUT2D eigenvalue weighted by Gasteiger charge is -2.57. The van der Waals surface area contributed by atoms with E-state index in [1.165, 1.54) is 25.7 Å². The van der Waals surface area contributed by atoms with Gasteiger partial charge in [0.2, 0.25) is 5.91 Å². The molecule has 1 N–H and O–H groups in total. The van der Waals surface area contributed by atoms with Crippen LogP contribution in [-0.2, 0) is 14.3 Å². The van der Waals surface area contributed by atoms with Crippen LogP contribution in [-0.4, -0.2) is 62.4 Å². The van der Waals surface area contributed by atoms with Crippen LogP contribution in [0.3, 0.4) is 0 Å². The molecule has 0 aromatic heterocycles. The van der Waals surface area contributed by atoms with E-state index in [0.717, 1.165) is 26.1 Å². The number of nitrogens with one attached hydrogen (secondary N) is 1. The van der Waals surface area contributed by atoms with E-state index in [0.29, 0.717) is 25.2 Å². The first-order chi connectivity index (χ1) is 10.7. The van der Waals surface area contributed by atoms with Crippen LogP contribution in [0, 0.1) is 5.41 Å². The highest BCUT2D eigenvalue weighted by Crippen LogP contribution is 2.56. The van der Waals surface area contributed by atoms with Gasteiger partial charge < -0.3 is 19.7 Å². The third kappa shape index (κ3) is 2.91. The van der Waals surface area contributed by atoms with Crippen molar-refractivity contribution in [3.63, 3.8) is 0 Å². The first-order valence-corrected chi connectivity index (χ1v) is 8.87. The Morgan fingerprint density at radius 1 is 1.41 bits per heavy atom. The largest absolute Gasteiger partial charge is 0.378 e. The Morgan fingerprint density at radius 2 is 2.18 bits per heavy atom. The molecular formula is C17H30N2O3. The molecule has 0 aromatic carbocycles. The van der Waals surface area contributed by atoms with E-state index in [1.54, 1.807) is 0 Å². The van der Waals surface area contributed by atoms with Gasteiger partial charge in [-0.15, -0.1) is 0 Å². The summed E-state index contributed by atoms with van der Waals surface area (Å²) in [5.41, 5.74) is 0.228. The lowest BCUT2D eigenvalue weighted by atomic mass is 9.60. The molecule has 22 heavy (non-hydrogen) atoms. The van der Waals surface area contributed by atoms with Crippen LogP contribution in [0.5, 0.6) is 0 Å². The normalized spacial score (nSPS) is 33.6. The summed E-state index contributed by atoms with van der Waals surface area (Å²) in [5.74, 6) is 0.222. The Kier molecular flexibility index (Phi) is 5.05. The smallest absolute Gasteiger partial charge is 0.225 e. The fourth-order valence-corrected chi connectivity index (χ4v) is 4.66. The number of hydrogen-bond acceptors (Lipinski definition) is 4. The maximum absolute atomic E-state index is 12.6. The van der Waals surface area contributed by atoms with Gasteiger partial charge in [-0.05, 0) is 26.2 Å². The van der Waals surface area contributed by atoms with Gasteiger partial charge in [0.15, 0.2) is 0 Å². The molecule has 5 nitrogen and oxygen atoms in total. The summed E-state index contributed by atoms with van der Waals surface area (Å²) >= 11 is 0. The maximum atomic E-state index is 12.6. The minimum Gasteiger partial charge on any atom is -0.378 e. The van der Waals surface area contributed by atoms with Crippen molar-refractivity contribution in [2.24, 2.45) is 5.41 Å². The highest BCUT2D eigenvalue weighted by molar-refractivity contribution is 5.77. The second-order valence-electron chi connectivity index (χ2n) is 7.04. The molecule has 3 aliphatic rings. The number of carbonyl (C=O) groups is 1. The summed E-state index contributed by atoms with van der Waals surface area (Å²) < 4.78 is 11.6. The topological polar surface area (TPSA) is 50.8 Å². The average Bonchev–Trinajstić information content (AvgIpc) is 3.04. The third-order valence-corrected chi connectivity index (χ3v) is 5.91. The summed E-state index contributed by atoms with van der Waals surface area (Å²) in [7, 11) is 1.98. The van der Waals surface area contributed by atoms with Gasteiger partial charge in [0.1, 0.15) is 0 Å². The first kappa shape index (κ1) is 16.2. The van der Waals surface area contributed by atoms with E-state index >= 15 is 0 Å². The second-order valence-corrected chi connectivity index (χ2v) is 7.04. The van der Waals surface area contributed by atoms with Crippen molar-refractivity contribution in [1.82, 2.24) is 10.2 Å². The zero-order chi connectivity index (χ0) is 15.6. The van der Waals surface area contributed by atoms with Crippen LogP contribution in [0.2, 0.25) is 0 Å². The third-order valence-electron chi connectivity index (χ3n) is 5.91. The van der Waals surface area contributed by atoms with Crippen LogP contribution < -0.4 is 5.32 Å². The molecule has 1 saturated heterocycles. The fraction of sp³-hybridized carbons (Fsp3) is 0.941. The van der Waals surface area contributed by atoms with Crippen molar-refractivity contribution in [3.05, 3.63) is 0 Å². The monoisotopic (exact) mass is 310 g/mol. The zero-order valence-electron chi connectivity index (χ0n) is 14.0. The number of carbonyl (C=O) groups excluding carboxylic acids is 1. The maximum Gasteiger partial charge on any atom is 0.225 e. The van der Waals surface area contributed by atoms with Crippen LogP contribution >= 0.6 is 0 Å². The predicted octanol–water partition coefficient (Wildman–Crippen LogP) is 1.56. The van der Waals surface area contributed by atoms with Gasteiger partial charge in [-0.2, -0.15) is 0 Å². The Morgan fingerprint density at radius 3 is 2.82 bits per heavy atom. The Hall–Kier alpha value is -0.650. The summed E-state index contributed by atoms with van der Waals surface area (Å²) in [4.78, 5) is 14.6. The highest BCUT2D eigenvalue weighted by atomic mass is 16.5. The second kappa shape index (κ2) is 6.85. The minimum absolute atomic E-state index is 0.0333. The number of hydrogen-bond donors (Lipinski definition) is 1. The molecular weight excluding hydrogens is 280 g/mol. The quantitative estimate of drug-likeness (QED) is 0.837. The first-order valence-electron chi connectivity index (χ1n) is 8.87. The van der Waals surface area contributed by atoms with Crippen molar-refractivity contribution in [2.75, 3.05) is 33.4 Å². The molecule has 1 aliphatic heterocycles. The molecule has 2 aliphatic carbocycles. The fourth-order valence-electron chi connectivity index (χ4n) is 4.66. The minimum atomic E-state index is 0.0333. The van der Waals surface area contributed by atoms with Gasteiger partial charge >= 0.3 is 0 Å². The summed E-state index contributed by atoms with van der Waals surface area (Å²) in [6.07, 6.45) is 6.85. The molecule has 2 saturated carbocycles. The summed E-state index contributed by atoms with van der Waals surface area (Å²) in [6.45, 7) is 5.23.